The molecule has 2 amide bonds. The minimum Gasteiger partial charge on any atom is -0.426 e. The first kappa shape index (κ1) is 38.7. The van der Waals surface area contributed by atoms with Crippen LogP contribution < -0.4 is 53.3 Å². The highest BCUT2D eigenvalue weighted by Gasteiger charge is 2.19. The van der Waals surface area contributed by atoms with Gasteiger partial charge in [0.1, 0.15) is 11.5 Å². The number of aromatic nitrogens is 8. The van der Waals surface area contributed by atoms with E-state index in [2.05, 4.69) is 39.9 Å². The number of ether oxygens (including phenoxy) is 2. The number of esters is 2. The molecule has 0 unspecified atom stereocenters. The van der Waals surface area contributed by atoms with Gasteiger partial charge in [-0.1, -0.05) is 0 Å². The predicted octanol–water partition coefficient (Wildman–Crippen LogP) is 0.0559. The number of hydrogen-bond acceptors (Lipinski definition) is 18. The molecule has 6 rings (SSSR count). The lowest BCUT2D eigenvalue weighted by Crippen LogP contribution is -2.21. The third-order valence-corrected chi connectivity index (χ3v) is 8.33. The average molecular weight is 779 g/mol. The molecule has 4 heterocycles. The van der Waals surface area contributed by atoms with Crippen LogP contribution in [0.1, 0.15) is 51.4 Å². The van der Waals surface area contributed by atoms with E-state index in [1.807, 2.05) is 0 Å². The maximum atomic E-state index is 12.7. The van der Waals surface area contributed by atoms with Gasteiger partial charge in [0.2, 0.25) is 11.9 Å². The largest absolute Gasteiger partial charge is 0.426 e. The first-order valence-corrected chi connectivity index (χ1v) is 16.9. The fourth-order valence-corrected chi connectivity index (χ4v) is 5.57. The number of benzene rings is 2. The van der Waals surface area contributed by atoms with Crippen LogP contribution in [0.3, 0.4) is 0 Å². The summed E-state index contributed by atoms with van der Waals surface area (Å²) >= 11 is 0. The van der Waals surface area contributed by atoms with E-state index >= 15 is 0 Å². The number of carbonyl (C=O) groups excluding carboxylic acids is 4. The molecule has 57 heavy (non-hydrogen) atoms. The van der Waals surface area contributed by atoms with Crippen LogP contribution in [-0.2, 0) is 22.7 Å². The molecule has 0 atom stereocenters. The number of hydrogen-bond donors (Lipinski definition) is 6. The second kappa shape index (κ2) is 16.1. The van der Waals surface area contributed by atoms with Crippen LogP contribution in [0.4, 0.5) is 23.3 Å². The van der Waals surface area contributed by atoms with E-state index in [0.29, 0.717) is 22.8 Å². The fourth-order valence-electron chi connectivity index (χ4n) is 5.57. The summed E-state index contributed by atoms with van der Waals surface area (Å²) in [5.41, 5.74) is 23.1. The van der Waals surface area contributed by atoms with Gasteiger partial charge < -0.3 is 52.2 Å². The summed E-state index contributed by atoms with van der Waals surface area (Å²) in [5.74, 6) is -3.57. The first-order valence-electron chi connectivity index (χ1n) is 16.9. The van der Waals surface area contributed by atoms with Gasteiger partial charge in [-0.15, -0.1) is 0 Å². The van der Waals surface area contributed by atoms with Crippen molar-refractivity contribution in [2.75, 3.05) is 35.4 Å². The number of H-pyrrole nitrogens is 2. The second-order valence-electron chi connectivity index (χ2n) is 12.6. The van der Waals surface area contributed by atoms with E-state index in [4.69, 9.17) is 32.4 Å². The Morgan fingerprint density at radius 2 is 1.05 bits per heavy atom. The standard InChI is InChI=1S/C35H34N14O8/c1-48(14-16-12-40-30-26(42-16)32(54)46-34(38)44-30)18-6-8-22(20(10-18)28(36)52)56-24(50)4-3-5-25(51)57-23-9-7-19(11-21(23)29(37)53)49(2)15-17-13-41-31-27(43-17)33(55)47-35(39)45-31/h6-13H,3-5,14-15H2,1-2H3,(H2,36,52)(H2,37,53)(H3,38,40,44,46,54)(H3,39,41,45,47,55). The molecule has 4 aromatic heterocycles. The molecular weight excluding hydrogens is 744 g/mol. The highest BCUT2D eigenvalue weighted by molar-refractivity contribution is 5.98. The monoisotopic (exact) mass is 778 g/mol. The van der Waals surface area contributed by atoms with Crippen molar-refractivity contribution >= 4 is 69.4 Å². The zero-order chi connectivity index (χ0) is 41.0. The minimum absolute atomic E-state index is 0.00655. The Hall–Kier alpha value is -8.04. The molecule has 0 aliphatic rings. The lowest BCUT2D eigenvalue weighted by molar-refractivity contribution is -0.136. The molecule has 22 nitrogen and oxygen atoms in total. The van der Waals surface area contributed by atoms with E-state index in [9.17, 15) is 28.8 Å². The molecule has 6 aromatic rings. The molecule has 2 aromatic carbocycles. The SMILES string of the molecule is CN(Cc1cnc2[nH]c(N)nc(=O)c2n1)c1ccc(OC(=O)CCCC(=O)Oc2ccc(N(C)Cc3cnc4[nH]c(N)nc(=O)c4n3)cc2C(N)=O)c(C(N)=O)c1. The van der Waals surface area contributed by atoms with Crippen LogP contribution in [0.5, 0.6) is 11.5 Å². The number of carbonyl (C=O) groups is 4. The highest BCUT2D eigenvalue weighted by atomic mass is 16.5. The number of nitrogens with one attached hydrogen (secondary N) is 2. The van der Waals surface area contributed by atoms with Crippen LogP contribution >= 0.6 is 0 Å². The topological polar surface area (TPSA) is 340 Å². The Kier molecular flexibility index (Phi) is 10.9. The maximum Gasteiger partial charge on any atom is 0.311 e. The number of nitrogen functional groups attached to an aromatic ring is 2. The number of fused-ring (bicyclic) bond motifs is 2. The second-order valence-corrected chi connectivity index (χ2v) is 12.6. The molecule has 0 saturated heterocycles. The van der Waals surface area contributed by atoms with Crippen molar-refractivity contribution < 1.29 is 28.7 Å². The van der Waals surface area contributed by atoms with E-state index in [1.165, 1.54) is 36.7 Å². The molecule has 10 N–H and O–H groups in total. The third kappa shape index (κ3) is 9.02. The van der Waals surface area contributed by atoms with Crippen LogP contribution in [-0.4, -0.2) is 77.7 Å². The van der Waals surface area contributed by atoms with Crippen molar-refractivity contribution in [2.24, 2.45) is 11.5 Å². The molecule has 0 aliphatic carbocycles. The van der Waals surface area contributed by atoms with Crippen molar-refractivity contribution in [1.29, 1.82) is 0 Å². The van der Waals surface area contributed by atoms with Crippen LogP contribution in [0.2, 0.25) is 0 Å². The summed E-state index contributed by atoms with van der Waals surface area (Å²) in [6.45, 7) is 0.340. The summed E-state index contributed by atoms with van der Waals surface area (Å²) in [7, 11) is 3.40. The van der Waals surface area contributed by atoms with Gasteiger partial charge in [0.25, 0.3) is 11.8 Å². The number of amides is 2. The smallest absolute Gasteiger partial charge is 0.311 e. The van der Waals surface area contributed by atoms with E-state index in [-0.39, 0.29) is 89.2 Å². The lowest BCUT2D eigenvalue weighted by Gasteiger charge is -2.20. The summed E-state index contributed by atoms with van der Waals surface area (Å²) in [4.78, 5) is 107. The molecular formula is C35H34N14O8. The summed E-state index contributed by atoms with van der Waals surface area (Å²) < 4.78 is 10.8. The van der Waals surface area contributed by atoms with E-state index in [0.717, 1.165) is 0 Å². The summed E-state index contributed by atoms with van der Waals surface area (Å²) in [5, 5.41) is 0. The molecule has 0 saturated carbocycles. The van der Waals surface area contributed by atoms with Crippen LogP contribution in [0, 0.1) is 0 Å². The van der Waals surface area contributed by atoms with Gasteiger partial charge in [-0.25, -0.2) is 19.9 Å². The van der Waals surface area contributed by atoms with E-state index < -0.39 is 34.9 Å². The van der Waals surface area contributed by atoms with Crippen LogP contribution in [0.15, 0.2) is 58.4 Å². The van der Waals surface area contributed by atoms with Crippen molar-refractivity contribution in [3.8, 4) is 11.5 Å². The zero-order valence-corrected chi connectivity index (χ0v) is 30.3. The summed E-state index contributed by atoms with van der Waals surface area (Å²) in [6, 6.07) is 8.84. The number of aromatic amines is 2. The Morgan fingerprint density at radius 1 is 0.649 bits per heavy atom. The Morgan fingerprint density at radius 3 is 1.44 bits per heavy atom. The van der Waals surface area contributed by atoms with Crippen LogP contribution in [0.25, 0.3) is 22.3 Å². The maximum absolute atomic E-state index is 12.7. The quantitative estimate of drug-likeness (QED) is 0.0628. The fraction of sp³-hybridized carbons (Fsp3) is 0.200. The minimum atomic E-state index is -0.859. The van der Waals surface area contributed by atoms with Gasteiger partial charge in [-0.2, -0.15) is 9.97 Å². The van der Waals surface area contributed by atoms with Gasteiger partial charge in [-0.05, 0) is 42.8 Å². The van der Waals surface area contributed by atoms with Crippen molar-refractivity contribution in [2.45, 2.75) is 32.4 Å². The molecule has 0 aliphatic heterocycles. The highest BCUT2D eigenvalue weighted by Crippen LogP contribution is 2.28. The normalized spacial score (nSPS) is 11.0. The Balaban J connectivity index is 1.03. The van der Waals surface area contributed by atoms with Gasteiger partial charge in [-0.3, -0.25) is 28.8 Å². The van der Waals surface area contributed by atoms with Gasteiger partial charge in [0.15, 0.2) is 22.3 Å². The molecule has 0 radical (unpaired) electrons. The molecule has 292 valence electrons. The zero-order valence-electron chi connectivity index (χ0n) is 30.3. The van der Waals surface area contributed by atoms with Gasteiger partial charge >= 0.3 is 23.1 Å². The Bertz CT molecular complexity index is 2520. The van der Waals surface area contributed by atoms with Gasteiger partial charge in [0, 0.05) is 38.3 Å². The molecule has 0 spiro atoms. The molecule has 0 fully saturated rings. The first-order chi connectivity index (χ1) is 27.1. The molecule has 22 heteroatoms. The number of nitrogens with zero attached hydrogens (tertiary/aromatic N) is 8. The number of primary amides is 2. The predicted molar refractivity (Wildman–Crippen MR) is 204 cm³/mol. The average Bonchev–Trinajstić information content (AvgIpc) is 3.15. The lowest BCUT2D eigenvalue weighted by atomic mass is 10.1. The number of nitrogens with two attached hydrogens (primary N) is 4. The molecule has 0 bridgehead atoms. The van der Waals surface area contributed by atoms with Gasteiger partial charge in [0.05, 0.1) is 48.0 Å². The number of anilines is 4. The van der Waals surface area contributed by atoms with Crippen molar-refractivity contribution in [1.82, 2.24) is 39.9 Å². The Labute approximate surface area is 320 Å². The third-order valence-electron chi connectivity index (χ3n) is 8.33. The van der Waals surface area contributed by atoms with Crippen molar-refractivity contribution in [3.63, 3.8) is 0 Å². The van der Waals surface area contributed by atoms with Crippen molar-refractivity contribution in [3.05, 3.63) is 92.0 Å². The number of rotatable bonds is 14. The van der Waals surface area contributed by atoms with E-state index in [1.54, 1.807) is 36.0 Å². The summed E-state index contributed by atoms with van der Waals surface area (Å²) in [6.07, 6.45) is 2.46.